The molecule has 0 aliphatic rings. The first-order valence-corrected chi connectivity index (χ1v) is 8.81. The number of nitrogens with zero attached hydrogens (tertiary/aromatic N) is 4. The summed E-state index contributed by atoms with van der Waals surface area (Å²) in [6, 6.07) is 9.81. The molecule has 0 bridgehead atoms. The van der Waals surface area contributed by atoms with Gasteiger partial charge in [-0.05, 0) is 54.4 Å². The van der Waals surface area contributed by atoms with Crippen LogP contribution in [0, 0.1) is 5.82 Å². The lowest BCUT2D eigenvalue weighted by molar-refractivity contribution is 0.0950. The van der Waals surface area contributed by atoms with Gasteiger partial charge in [0.1, 0.15) is 5.69 Å². The number of halogens is 2. The number of aromatic nitrogens is 3. The maximum absolute atomic E-state index is 13.8. The van der Waals surface area contributed by atoms with Crippen LogP contribution in [0.3, 0.4) is 0 Å². The first-order valence-electron chi connectivity index (χ1n) is 8.44. The SMILES string of the molecule is CCOc1cc(C=NNC(=O)c2ccccn2)ccc1Oc1nc(Cl)ncc1F. The Labute approximate surface area is 170 Å². The molecule has 29 heavy (non-hydrogen) atoms. The van der Waals surface area contributed by atoms with Gasteiger partial charge < -0.3 is 9.47 Å². The molecule has 1 aromatic carbocycles. The predicted octanol–water partition coefficient (Wildman–Crippen LogP) is 3.62. The van der Waals surface area contributed by atoms with Crippen molar-refractivity contribution in [3.8, 4) is 17.4 Å². The molecule has 10 heteroatoms. The average molecular weight is 416 g/mol. The molecule has 8 nitrogen and oxygen atoms in total. The van der Waals surface area contributed by atoms with Gasteiger partial charge in [-0.2, -0.15) is 14.5 Å². The van der Waals surface area contributed by atoms with Crippen LogP contribution in [0.25, 0.3) is 0 Å². The Morgan fingerprint density at radius 1 is 1.28 bits per heavy atom. The van der Waals surface area contributed by atoms with Gasteiger partial charge in [0.2, 0.25) is 11.1 Å². The molecule has 0 atom stereocenters. The Balaban J connectivity index is 1.75. The predicted molar refractivity (Wildman–Crippen MR) is 104 cm³/mol. The van der Waals surface area contributed by atoms with E-state index in [1.54, 1.807) is 43.3 Å². The van der Waals surface area contributed by atoms with Crippen LogP contribution in [0.15, 0.2) is 53.9 Å². The minimum atomic E-state index is -0.764. The van der Waals surface area contributed by atoms with Crippen molar-refractivity contribution in [3.05, 3.63) is 71.2 Å². The molecule has 0 radical (unpaired) electrons. The summed E-state index contributed by atoms with van der Waals surface area (Å²) in [5, 5.41) is 3.75. The summed E-state index contributed by atoms with van der Waals surface area (Å²) >= 11 is 5.68. The van der Waals surface area contributed by atoms with Crippen LogP contribution in [0.4, 0.5) is 4.39 Å². The number of benzene rings is 1. The van der Waals surface area contributed by atoms with E-state index in [1.807, 2.05) is 0 Å². The summed E-state index contributed by atoms with van der Waals surface area (Å²) in [7, 11) is 0. The third kappa shape index (κ3) is 5.45. The van der Waals surface area contributed by atoms with Crippen molar-refractivity contribution in [2.24, 2.45) is 5.10 Å². The number of pyridine rings is 1. The summed E-state index contributed by atoms with van der Waals surface area (Å²) in [6.45, 7) is 2.14. The topological polar surface area (TPSA) is 98.6 Å². The van der Waals surface area contributed by atoms with Gasteiger partial charge in [-0.1, -0.05) is 6.07 Å². The highest BCUT2D eigenvalue weighted by molar-refractivity contribution is 6.28. The number of rotatable bonds is 7. The number of hydrogen-bond acceptors (Lipinski definition) is 7. The van der Waals surface area contributed by atoms with Crippen molar-refractivity contribution < 1.29 is 18.7 Å². The largest absolute Gasteiger partial charge is 0.490 e. The lowest BCUT2D eigenvalue weighted by Gasteiger charge is -2.12. The fourth-order valence-electron chi connectivity index (χ4n) is 2.18. The molecular weight excluding hydrogens is 401 g/mol. The fraction of sp³-hybridized carbons (Fsp3) is 0.105. The van der Waals surface area contributed by atoms with E-state index in [1.165, 1.54) is 12.4 Å². The molecule has 0 unspecified atom stereocenters. The quantitative estimate of drug-likeness (QED) is 0.359. The van der Waals surface area contributed by atoms with Crippen molar-refractivity contribution >= 4 is 23.7 Å². The maximum atomic E-state index is 13.8. The van der Waals surface area contributed by atoms with Crippen LogP contribution in [0.1, 0.15) is 23.0 Å². The monoisotopic (exact) mass is 415 g/mol. The summed E-state index contributed by atoms with van der Waals surface area (Å²) in [6.07, 6.45) is 3.85. The van der Waals surface area contributed by atoms with E-state index in [0.717, 1.165) is 6.20 Å². The maximum Gasteiger partial charge on any atom is 0.289 e. The number of nitrogens with one attached hydrogen (secondary N) is 1. The number of carbonyl (C=O) groups excluding carboxylic acids is 1. The molecule has 0 aliphatic heterocycles. The molecule has 2 heterocycles. The van der Waals surface area contributed by atoms with Gasteiger partial charge >= 0.3 is 0 Å². The molecule has 3 rings (SSSR count). The normalized spacial score (nSPS) is 10.7. The van der Waals surface area contributed by atoms with Crippen LogP contribution in [-0.2, 0) is 0 Å². The number of carbonyl (C=O) groups is 1. The van der Waals surface area contributed by atoms with Gasteiger partial charge in [-0.15, -0.1) is 0 Å². The molecule has 3 aromatic rings. The molecule has 148 valence electrons. The van der Waals surface area contributed by atoms with Crippen molar-refractivity contribution in [1.29, 1.82) is 0 Å². The zero-order valence-corrected chi connectivity index (χ0v) is 15.9. The zero-order valence-electron chi connectivity index (χ0n) is 15.2. The average Bonchev–Trinajstić information content (AvgIpc) is 2.73. The van der Waals surface area contributed by atoms with E-state index < -0.39 is 11.7 Å². The second kappa shape index (κ2) is 9.56. The Hall–Kier alpha value is -3.59. The second-order valence-corrected chi connectivity index (χ2v) is 5.79. The summed E-state index contributed by atoms with van der Waals surface area (Å²) in [5.74, 6) is -0.963. The summed E-state index contributed by atoms with van der Waals surface area (Å²) < 4.78 is 24.8. The Morgan fingerprint density at radius 3 is 2.90 bits per heavy atom. The minimum absolute atomic E-state index is 0.147. The molecule has 1 N–H and O–H groups in total. The molecule has 0 spiro atoms. The molecule has 0 fully saturated rings. The van der Waals surface area contributed by atoms with E-state index in [4.69, 9.17) is 21.1 Å². The van der Waals surface area contributed by atoms with Gasteiger partial charge in [0.25, 0.3) is 11.8 Å². The highest BCUT2D eigenvalue weighted by Crippen LogP contribution is 2.32. The molecular formula is C19H15ClFN5O3. The molecule has 1 amide bonds. The summed E-state index contributed by atoms with van der Waals surface area (Å²) in [4.78, 5) is 23.1. The van der Waals surface area contributed by atoms with Gasteiger partial charge in [0.15, 0.2) is 11.5 Å². The van der Waals surface area contributed by atoms with Crippen molar-refractivity contribution in [2.45, 2.75) is 6.92 Å². The van der Waals surface area contributed by atoms with E-state index in [0.29, 0.717) is 17.9 Å². The van der Waals surface area contributed by atoms with Crippen LogP contribution in [0.2, 0.25) is 5.28 Å². The van der Waals surface area contributed by atoms with Gasteiger partial charge in [-0.3, -0.25) is 9.78 Å². The lowest BCUT2D eigenvalue weighted by Crippen LogP contribution is -2.18. The Kier molecular flexibility index (Phi) is 6.64. The van der Waals surface area contributed by atoms with E-state index in [2.05, 4.69) is 25.5 Å². The Morgan fingerprint density at radius 2 is 2.14 bits per heavy atom. The zero-order chi connectivity index (χ0) is 20.6. The van der Waals surface area contributed by atoms with Gasteiger partial charge in [0, 0.05) is 6.20 Å². The number of amides is 1. The molecule has 0 saturated heterocycles. The third-order valence-electron chi connectivity index (χ3n) is 3.43. The van der Waals surface area contributed by atoms with Gasteiger partial charge in [0.05, 0.1) is 19.0 Å². The van der Waals surface area contributed by atoms with E-state index in [9.17, 15) is 9.18 Å². The van der Waals surface area contributed by atoms with Gasteiger partial charge in [-0.25, -0.2) is 10.4 Å². The fourth-order valence-corrected chi connectivity index (χ4v) is 2.31. The number of hydrogen-bond donors (Lipinski definition) is 1. The van der Waals surface area contributed by atoms with E-state index in [-0.39, 0.29) is 22.6 Å². The first kappa shape index (κ1) is 20.2. The highest BCUT2D eigenvalue weighted by Gasteiger charge is 2.13. The van der Waals surface area contributed by atoms with Crippen LogP contribution in [-0.4, -0.2) is 33.7 Å². The van der Waals surface area contributed by atoms with Crippen LogP contribution >= 0.6 is 11.6 Å². The van der Waals surface area contributed by atoms with Crippen molar-refractivity contribution in [2.75, 3.05) is 6.61 Å². The van der Waals surface area contributed by atoms with Crippen LogP contribution < -0.4 is 14.9 Å². The standard InChI is InChI=1S/C19H15ClFN5O3/c1-2-28-16-9-12(10-24-26-17(27)14-5-3-4-8-22-14)6-7-15(16)29-18-13(21)11-23-19(20)25-18/h3-11H,2H2,1H3,(H,26,27). The highest BCUT2D eigenvalue weighted by atomic mass is 35.5. The first-order chi connectivity index (χ1) is 14.1. The van der Waals surface area contributed by atoms with E-state index >= 15 is 0 Å². The van der Waals surface area contributed by atoms with Crippen molar-refractivity contribution in [1.82, 2.24) is 20.4 Å². The minimum Gasteiger partial charge on any atom is -0.490 e. The number of hydrazone groups is 1. The molecule has 2 aromatic heterocycles. The van der Waals surface area contributed by atoms with Crippen molar-refractivity contribution in [3.63, 3.8) is 0 Å². The smallest absolute Gasteiger partial charge is 0.289 e. The Bertz CT molecular complexity index is 1030. The lowest BCUT2D eigenvalue weighted by atomic mass is 10.2. The summed E-state index contributed by atoms with van der Waals surface area (Å²) in [5.41, 5.74) is 3.24. The van der Waals surface area contributed by atoms with Crippen LogP contribution in [0.5, 0.6) is 17.4 Å². The number of ether oxygens (including phenoxy) is 2. The second-order valence-electron chi connectivity index (χ2n) is 5.45. The third-order valence-corrected chi connectivity index (χ3v) is 3.62. The molecule has 0 saturated carbocycles. The molecule has 0 aliphatic carbocycles.